The first-order valence-corrected chi connectivity index (χ1v) is 8.46. The molecule has 5 nitrogen and oxygen atoms in total. The van der Waals surface area contributed by atoms with Gasteiger partial charge in [-0.3, -0.25) is 4.79 Å². The Labute approximate surface area is 122 Å². The Kier molecular flexibility index (Phi) is 8.61. The fraction of sp³-hybridized carbons (Fsp3) is 0.917. The van der Waals surface area contributed by atoms with Crippen LogP contribution in [0.2, 0.25) is 0 Å². The van der Waals surface area contributed by atoms with E-state index < -0.39 is 9.84 Å². The number of amides is 1. The summed E-state index contributed by atoms with van der Waals surface area (Å²) in [6, 6.07) is -0.106. The van der Waals surface area contributed by atoms with Crippen LogP contribution in [0, 0.1) is 0 Å². The summed E-state index contributed by atoms with van der Waals surface area (Å²) in [4.78, 5) is 13.9. The average Bonchev–Trinajstić information content (AvgIpc) is 2.67. The number of rotatable bonds is 7. The van der Waals surface area contributed by atoms with E-state index in [4.69, 9.17) is 0 Å². The molecule has 1 N–H and O–H groups in total. The predicted molar refractivity (Wildman–Crippen MR) is 79.5 cm³/mol. The van der Waals surface area contributed by atoms with E-state index in [2.05, 4.69) is 12.2 Å². The number of nitrogens with one attached hydrogen (secondary N) is 1. The molecule has 1 atom stereocenters. The third kappa shape index (κ3) is 6.10. The van der Waals surface area contributed by atoms with E-state index in [0.29, 0.717) is 25.9 Å². The van der Waals surface area contributed by atoms with Gasteiger partial charge in [-0.25, -0.2) is 8.42 Å². The van der Waals surface area contributed by atoms with Crippen molar-refractivity contribution in [2.75, 3.05) is 31.6 Å². The predicted octanol–water partition coefficient (Wildman–Crippen LogP) is 0.833. The van der Waals surface area contributed by atoms with Crippen molar-refractivity contribution in [3.05, 3.63) is 0 Å². The first kappa shape index (κ1) is 18.7. The van der Waals surface area contributed by atoms with Crippen molar-refractivity contribution in [1.82, 2.24) is 10.2 Å². The number of sulfone groups is 1. The molecule has 1 rings (SSSR count). The molecule has 0 aromatic heterocycles. The van der Waals surface area contributed by atoms with E-state index in [1.165, 1.54) is 0 Å². The summed E-state index contributed by atoms with van der Waals surface area (Å²) in [7, 11) is -1.12. The first-order chi connectivity index (χ1) is 8.50. The molecule has 1 aliphatic heterocycles. The minimum atomic E-state index is -2.93. The molecule has 1 fully saturated rings. The number of unbranched alkanes of at least 4 members (excludes halogenated alkanes) is 1. The molecular weight excluding hydrogens is 288 g/mol. The average molecular weight is 313 g/mol. The molecule has 1 unspecified atom stereocenters. The second kappa shape index (κ2) is 8.76. The van der Waals surface area contributed by atoms with Crippen molar-refractivity contribution < 1.29 is 13.2 Å². The van der Waals surface area contributed by atoms with Crippen molar-refractivity contribution in [2.24, 2.45) is 0 Å². The minimum absolute atomic E-state index is 0. The summed E-state index contributed by atoms with van der Waals surface area (Å²) >= 11 is 0. The van der Waals surface area contributed by atoms with Crippen molar-refractivity contribution >= 4 is 28.2 Å². The third-order valence-electron chi connectivity index (χ3n) is 3.31. The number of carbonyl (C=O) groups is 1. The minimum Gasteiger partial charge on any atom is -0.339 e. The maximum absolute atomic E-state index is 12.1. The highest BCUT2D eigenvalue weighted by Gasteiger charge is 2.33. The number of halogens is 1. The Morgan fingerprint density at radius 1 is 1.42 bits per heavy atom. The third-order valence-corrected chi connectivity index (χ3v) is 5.06. The highest BCUT2D eigenvalue weighted by molar-refractivity contribution is 7.91. The zero-order valence-corrected chi connectivity index (χ0v) is 13.4. The first-order valence-electron chi connectivity index (χ1n) is 6.64. The van der Waals surface area contributed by atoms with Gasteiger partial charge in [0, 0.05) is 25.6 Å². The van der Waals surface area contributed by atoms with Gasteiger partial charge >= 0.3 is 0 Å². The highest BCUT2D eigenvalue weighted by atomic mass is 35.5. The van der Waals surface area contributed by atoms with Crippen molar-refractivity contribution in [1.29, 1.82) is 0 Å². The fourth-order valence-electron chi connectivity index (χ4n) is 2.24. The van der Waals surface area contributed by atoms with Gasteiger partial charge in [-0.1, -0.05) is 13.3 Å². The molecule has 1 aliphatic rings. The van der Waals surface area contributed by atoms with Crippen LogP contribution in [0.25, 0.3) is 0 Å². The monoisotopic (exact) mass is 312 g/mol. The van der Waals surface area contributed by atoms with Crippen LogP contribution in [0.3, 0.4) is 0 Å². The maximum Gasteiger partial charge on any atom is 0.224 e. The van der Waals surface area contributed by atoms with E-state index in [1.807, 2.05) is 7.05 Å². The van der Waals surface area contributed by atoms with Gasteiger partial charge in [-0.2, -0.15) is 0 Å². The SMILES string of the molecule is CCCCN(C(=O)CCNC)C1CCS(=O)(=O)C1.Cl. The van der Waals surface area contributed by atoms with Crippen molar-refractivity contribution in [2.45, 2.75) is 38.6 Å². The molecule has 7 heteroatoms. The van der Waals surface area contributed by atoms with Gasteiger partial charge in [-0.05, 0) is 19.9 Å². The van der Waals surface area contributed by atoms with Gasteiger partial charge < -0.3 is 10.2 Å². The Morgan fingerprint density at radius 2 is 2.11 bits per heavy atom. The van der Waals surface area contributed by atoms with E-state index in [9.17, 15) is 13.2 Å². The summed E-state index contributed by atoms with van der Waals surface area (Å²) in [6.07, 6.45) is 2.98. The molecule has 114 valence electrons. The van der Waals surface area contributed by atoms with Gasteiger partial charge in [0.25, 0.3) is 0 Å². The smallest absolute Gasteiger partial charge is 0.224 e. The molecule has 0 spiro atoms. The van der Waals surface area contributed by atoms with E-state index in [0.717, 1.165) is 12.8 Å². The van der Waals surface area contributed by atoms with Gasteiger partial charge in [0.05, 0.1) is 11.5 Å². The Morgan fingerprint density at radius 3 is 2.58 bits per heavy atom. The molecule has 0 aromatic rings. The Bertz CT molecular complexity index is 373. The lowest BCUT2D eigenvalue weighted by atomic mass is 10.2. The van der Waals surface area contributed by atoms with Crippen LogP contribution >= 0.6 is 12.4 Å². The Balaban J connectivity index is 0.00000324. The van der Waals surface area contributed by atoms with Crippen LogP contribution in [0.15, 0.2) is 0 Å². The lowest BCUT2D eigenvalue weighted by Crippen LogP contribution is -2.42. The van der Waals surface area contributed by atoms with E-state index in [-0.39, 0.29) is 35.9 Å². The lowest BCUT2D eigenvalue weighted by Gasteiger charge is -2.28. The number of nitrogens with zero attached hydrogens (tertiary/aromatic N) is 1. The molecule has 0 radical (unpaired) electrons. The summed E-state index contributed by atoms with van der Waals surface area (Å²) in [6.45, 7) is 3.39. The zero-order valence-electron chi connectivity index (χ0n) is 11.7. The molecule has 0 aromatic carbocycles. The van der Waals surface area contributed by atoms with Crippen LogP contribution in [0.4, 0.5) is 0 Å². The summed E-state index contributed by atoms with van der Waals surface area (Å²) in [5, 5.41) is 2.95. The molecule has 0 saturated carbocycles. The molecule has 1 heterocycles. The summed E-state index contributed by atoms with van der Waals surface area (Å²) < 4.78 is 23.0. The molecule has 1 saturated heterocycles. The van der Waals surface area contributed by atoms with Crippen LogP contribution < -0.4 is 5.32 Å². The van der Waals surface area contributed by atoms with Crippen molar-refractivity contribution in [3.8, 4) is 0 Å². The van der Waals surface area contributed by atoms with Crippen molar-refractivity contribution in [3.63, 3.8) is 0 Å². The zero-order chi connectivity index (χ0) is 13.6. The molecule has 19 heavy (non-hydrogen) atoms. The molecule has 0 bridgehead atoms. The quantitative estimate of drug-likeness (QED) is 0.756. The fourth-order valence-corrected chi connectivity index (χ4v) is 3.97. The topological polar surface area (TPSA) is 66.5 Å². The van der Waals surface area contributed by atoms with Crippen LogP contribution in [0.1, 0.15) is 32.6 Å². The largest absolute Gasteiger partial charge is 0.339 e. The van der Waals surface area contributed by atoms with Gasteiger partial charge in [0.15, 0.2) is 9.84 Å². The molecule has 1 amide bonds. The maximum atomic E-state index is 12.1. The standard InChI is InChI=1S/C12H24N2O3S.ClH/c1-3-4-8-14(12(15)5-7-13-2)11-6-9-18(16,17)10-11;/h11,13H,3-10H2,1-2H3;1H. The lowest BCUT2D eigenvalue weighted by molar-refractivity contribution is -0.133. The van der Waals surface area contributed by atoms with Gasteiger partial charge in [0.2, 0.25) is 5.91 Å². The van der Waals surface area contributed by atoms with E-state index in [1.54, 1.807) is 4.90 Å². The van der Waals surface area contributed by atoms with Gasteiger partial charge in [-0.15, -0.1) is 12.4 Å². The second-order valence-electron chi connectivity index (χ2n) is 4.85. The molecular formula is C12H25ClN2O3S. The summed E-state index contributed by atoms with van der Waals surface area (Å²) in [5.41, 5.74) is 0. The van der Waals surface area contributed by atoms with E-state index >= 15 is 0 Å². The number of hydrogen-bond donors (Lipinski definition) is 1. The number of carbonyl (C=O) groups excluding carboxylic acids is 1. The number of hydrogen-bond acceptors (Lipinski definition) is 4. The normalized spacial score (nSPS) is 20.8. The van der Waals surface area contributed by atoms with Crippen LogP contribution in [0.5, 0.6) is 0 Å². The second-order valence-corrected chi connectivity index (χ2v) is 7.08. The van der Waals surface area contributed by atoms with Crippen LogP contribution in [-0.4, -0.2) is 56.9 Å². The molecule has 0 aliphatic carbocycles. The Hall–Kier alpha value is -0.330. The summed E-state index contributed by atoms with van der Waals surface area (Å²) in [5.74, 6) is 0.432. The highest BCUT2D eigenvalue weighted by Crippen LogP contribution is 2.19. The van der Waals surface area contributed by atoms with Crippen LogP contribution in [-0.2, 0) is 14.6 Å². The van der Waals surface area contributed by atoms with Gasteiger partial charge in [0.1, 0.15) is 0 Å².